The van der Waals surface area contributed by atoms with E-state index in [1.54, 1.807) is 0 Å². The van der Waals surface area contributed by atoms with E-state index >= 15 is 0 Å². The van der Waals surface area contributed by atoms with Crippen molar-refractivity contribution in [3.8, 4) is 0 Å². The highest BCUT2D eigenvalue weighted by Gasteiger charge is 2.23. The largest absolute Gasteiger partial charge is 0.368 e. The van der Waals surface area contributed by atoms with Crippen LogP contribution in [0.25, 0.3) is 0 Å². The van der Waals surface area contributed by atoms with E-state index in [0.717, 1.165) is 13.0 Å². The van der Waals surface area contributed by atoms with Crippen LogP contribution in [0.3, 0.4) is 0 Å². The highest BCUT2D eigenvalue weighted by Crippen LogP contribution is 2.26. The van der Waals surface area contributed by atoms with Gasteiger partial charge in [-0.2, -0.15) is 0 Å². The molecule has 1 fully saturated rings. The number of anilines is 1. The Balaban J connectivity index is 2.04. The molecule has 1 aliphatic rings. The van der Waals surface area contributed by atoms with Crippen LogP contribution < -0.4 is 4.90 Å². The van der Waals surface area contributed by atoms with E-state index in [1.165, 1.54) is 18.5 Å². The van der Waals surface area contributed by atoms with Gasteiger partial charge in [-0.1, -0.05) is 18.2 Å². The first-order valence-corrected chi connectivity index (χ1v) is 6.21. The van der Waals surface area contributed by atoms with Crippen molar-refractivity contribution in [3.63, 3.8) is 0 Å². The summed E-state index contributed by atoms with van der Waals surface area (Å²) in [6, 6.07) is 10.5. The SMILES string of the molecule is O=[N+]([O-])CCC1CCCCN1c1ccccc1. The normalized spacial score (nSPS) is 20.2. The minimum absolute atomic E-state index is 0.0774. The first kappa shape index (κ1) is 11.9. The molecule has 0 bridgehead atoms. The van der Waals surface area contributed by atoms with Crippen molar-refractivity contribution < 1.29 is 4.92 Å². The monoisotopic (exact) mass is 234 g/mol. The quantitative estimate of drug-likeness (QED) is 0.594. The number of para-hydroxylation sites is 1. The molecule has 1 aliphatic heterocycles. The summed E-state index contributed by atoms with van der Waals surface area (Å²) in [5, 5.41) is 10.5. The maximum Gasteiger partial charge on any atom is 0.205 e. The third kappa shape index (κ3) is 3.19. The number of hydrogen-bond donors (Lipinski definition) is 0. The lowest BCUT2D eigenvalue weighted by molar-refractivity contribution is -0.480. The molecule has 0 amide bonds. The maximum atomic E-state index is 10.5. The maximum absolute atomic E-state index is 10.5. The molecule has 1 aromatic carbocycles. The van der Waals surface area contributed by atoms with E-state index in [0.29, 0.717) is 12.5 Å². The van der Waals surface area contributed by atoms with Gasteiger partial charge in [-0.25, -0.2) is 0 Å². The van der Waals surface area contributed by atoms with Gasteiger partial charge in [0.15, 0.2) is 0 Å². The fourth-order valence-corrected chi connectivity index (χ4v) is 2.51. The second-order valence-electron chi connectivity index (χ2n) is 4.52. The lowest BCUT2D eigenvalue weighted by atomic mass is 9.98. The van der Waals surface area contributed by atoms with Crippen LogP contribution >= 0.6 is 0 Å². The summed E-state index contributed by atoms with van der Waals surface area (Å²) in [7, 11) is 0. The highest BCUT2D eigenvalue weighted by atomic mass is 16.6. The van der Waals surface area contributed by atoms with Crippen LogP contribution in [-0.2, 0) is 0 Å². The Kier molecular flexibility index (Phi) is 3.96. The van der Waals surface area contributed by atoms with Gasteiger partial charge in [0.05, 0.1) is 0 Å². The lowest BCUT2D eigenvalue weighted by Crippen LogP contribution is -2.40. The fourth-order valence-electron chi connectivity index (χ4n) is 2.51. The molecular formula is C13H18N2O2. The molecule has 0 saturated carbocycles. The van der Waals surface area contributed by atoms with Crippen molar-refractivity contribution in [2.45, 2.75) is 31.7 Å². The van der Waals surface area contributed by atoms with Gasteiger partial charge in [0.1, 0.15) is 0 Å². The summed E-state index contributed by atoms with van der Waals surface area (Å²) in [4.78, 5) is 12.6. The van der Waals surface area contributed by atoms with Crippen LogP contribution in [0.15, 0.2) is 30.3 Å². The smallest absolute Gasteiger partial charge is 0.205 e. The van der Waals surface area contributed by atoms with Gasteiger partial charge < -0.3 is 4.90 Å². The number of hydrogen-bond acceptors (Lipinski definition) is 3. The Morgan fingerprint density at radius 2 is 2.06 bits per heavy atom. The second-order valence-corrected chi connectivity index (χ2v) is 4.52. The average Bonchev–Trinajstić information content (AvgIpc) is 2.38. The van der Waals surface area contributed by atoms with Gasteiger partial charge in [0.25, 0.3) is 0 Å². The number of nitro groups is 1. The molecular weight excluding hydrogens is 216 g/mol. The summed E-state index contributed by atoms with van der Waals surface area (Å²) < 4.78 is 0. The van der Waals surface area contributed by atoms with E-state index in [4.69, 9.17) is 0 Å². The van der Waals surface area contributed by atoms with Gasteiger partial charge >= 0.3 is 0 Å². The van der Waals surface area contributed by atoms with Crippen LogP contribution in [0.1, 0.15) is 25.7 Å². The molecule has 0 spiro atoms. The van der Waals surface area contributed by atoms with Gasteiger partial charge in [-0.05, 0) is 31.4 Å². The summed E-state index contributed by atoms with van der Waals surface area (Å²) in [6.07, 6.45) is 4.10. The Morgan fingerprint density at radius 3 is 2.76 bits per heavy atom. The van der Waals surface area contributed by atoms with E-state index < -0.39 is 0 Å². The molecule has 2 rings (SSSR count). The Hall–Kier alpha value is -1.58. The van der Waals surface area contributed by atoms with Gasteiger partial charge in [0, 0.05) is 29.6 Å². The van der Waals surface area contributed by atoms with Gasteiger partial charge in [-0.3, -0.25) is 10.1 Å². The van der Waals surface area contributed by atoms with Crippen LogP contribution in [-0.4, -0.2) is 24.1 Å². The predicted molar refractivity (Wildman–Crippen MR) is 67.9 cm³/mol. The highest BCUT2D eigenvalue weighted by molar-refractivity contribution is 5.47. The number of benzene rings is 1. The third-order valence-electron chi connectivity index (χ3n) is 3.36. The number of rotatable bonds is 4. The van der Waals surface area contributed by atoms with Crippen molar-refractivity contribution in [3.05, 3.63) is 40.4 Å². The van der Waals surface area contributed by atoms with Crippen LogP contribution in [0.5, 0.6) is 0 Å². The Bertz CT molecular complexity index is 367. The predicted octanol–water partition coefficient (Wildman–Crippen LogP) is 2.71. The summed E-state index contributed by atoms with van der Waals surface area (Å²) in [5.74, 6) is 0. The molecule has 1 atom stereocenters. The third-order valence-corrected chi connectivity index (χ3v) is 3.36. The number of piperidine rings is 1. The topological polar surface area (TPSA) is 46.4 Å². The summed E-state index contributed by atoms with van der Waals surface area (Å²) in [6.45, 7) is 1.10. The molecule has 0 radical (unpaired) electrons. The zero-order valence-corrected chi connectivity index (χ0v) is 9.92. The van der Waals surface area contributed by atoms with Gasteiger partial charge in [0.2, 0.25) is 6.54 Å². The molecule has 4 nitrogen and oxygen atoms in total. The zero-order chi connectivity index (χ0) is 12.1. The standard InChI is InChI=1S/C13H18N2O2/c16-15(17)11-9-13-8-4-5-10-14(13)12-6-2-1-3-7-12/h1-3,6-7,13H,4-5,8-11H2. The molecule has 1 saturated heterocycles. The number of nitrogens with zero attached hydrogens (tertiary/aromatic N) is 2. The van der Waals surface area contributed by atoms with Gasteiger partial charge in [-0.15, -0.1) is 0 Å². The molecule has 0 N–H and O–H groups in total. The molecule has 0 aliphatic carbocycles. The van der Waals surface area contributed by atoms with Crippen molar-refractivity contribution in [2.75, 3.05) is 18.0 Å². The minimum atomic E-state index is -0.211. The molecule has 92 valence electrons. The lowest BCUT2D eigenvalue weighted by Gasteiger charge is -2.37. The van der Waals surface area contributed by atoms with Crippen molar-refractivity contribution in [2.24, 2.45) is 0 Å². The van der Waals surface area contributed by atoms with Crippen LogP contribution in [0.2, 0.25) is 0 Å². The zero-order valence-electron chi connectivity index (χ0n) is 9.92. The minimum Gasteiger partial charge on any atom is -0.368 e. The molecule has 1 aromatic rings. The van der Waals surface area contributed by atoms with E-state index in [1.807, 2.05) is 18.2 Å². The molecule has 17 heavy (non-hydrogen) atoms. The van der Waals surface area contributed by atoms with Crippen LogP contribution in [0.4, 0.5) is 5.69 Å². The van der Waals surface area contributed by atoms with Crippen molar-refractivity contribution in [1.82, 2.24) is 0 Å². The molecule has 1 unspecified atom stereocenters. The van der Waals surface area contributed by atoms with E-state index in [-0.39, 0.29) is 11.5 Å². The van der Waals surface area contributed by atoms with Crippen molar-refractivity contribution in [1.29, 1.82) is 0 Å². The summed E-state index contributed by atoms with van der Waals surface area (Å²) in [5.41, 5.74) is 1.19. The van der Waals surface area contributed by atoms with Crippen molar-refractivity contribution >= 4 is 5.69 Å². The Labute approximate surface area is 101 Å². The van der Waals surface area contributed by atoms with E-state index in [9.17, 15) is 10.1 Å². The Morgan fingerprint density at radius 1 is 1.29 bits per heavy atom. The van der Waals surface area contributed by atoms with E-state index in [2.05, 4.69) is 17.0 Å². The van der Waals surface area contributed by atoms with Crippen LogP contribution in [0, 0.1) is 10.1 Å². The first-order valence-electron chi connectivity index (χ1n) is 6.21. The first-order chi connectivity index (χ1) is 8.27. The fraction of sp³-hybridized carbons (Fsp3) is 0.538. The second kappa shape index (κ2) is 5.66. The average molecular weight is 234 g/mol. The molecule has 1 heterocycles. The summed E-state index contributed by atoms with van der Waals surface area (Å²) >= 11 is 0. The molecule has 4 heteroatoms. The molecule has 0 aromatic heterocycles.